The number of nitrogens with zero attached hydrogens (tertiary/aromatic N) is 1. The zero-order valence-electron chi connectivity index (χ0n) is 10.4. The Kier molecular flexibility index (Phi) is 3.92. The number of aromatic amines is 1. The molecule has 0 aliphatic carbocycles. The van der Waals surface area contributed by atoms with Gasteiger partial charge in [0.1, 0.15) is 0 Å². The summed E-state index contributed by atoms with van der Waals surface area (Å²) in [7, 11) is 0. The molecule has 0 saturated carbocycles. The van der Waals surface area contributed by atoms with Crippen molar-refractivity contribution in [3.05, 3.63) is 47.8 Å². The lowest BCUT2D eigenvalue weighted by Crippen LogP contribution is -2.33. The van der Waals surface area contributed by atoms with Gasteiger partial charge >= 0.3 is 0 Å². The molecule has 1 aromatic heterocycles. The molecule has 3 N–H and O–H groups in total. The van der Waals surface area contributed by atoms with Crippen molar-refractivity contribution in [3.63, 3.8) is 0 Å². The molecule has 0 aliphatic heterocycles. The van der Waals surface area contributed by atoms with Gasteiger partial charge in [-0.2, -0.15) is 0 Å². The van der Waals surface area contributed by atoms with Gasteiger partial charge in [0.05, 0.1) is 6.54 Å². The number of amides is 2. The van der Waals surface area contributed by atoms with Crippen molar-refractivity contribution in [3.8, 4) is 0 Å². The van der Waals surface area contributed by atoms with Crippen LogP contribution in [-0.2, 0) is 4.79 Å². The maximum absolute atomic E-state index is 11.8. The maximum atomic E-state index is 11.8. The SMILES string of the molecule is Cc1cccc(C(=O)NCC(=O)Nc2ncc[nH]2)c1. The fourth-order valence-electron chi connectivity index (χ4n) is 1.56. The van der Waals surface area contributed by atoms with E-state index in [9.17, 15) is 9.59 Å². The van der Waals surface area contributed by atoms with E-state index >= 15 is 0 Å². The summed E-state index contributed by atoms with van der Waals surface area (Å²) in [5.74, 6) is -0.260. The molecule has 19 heavy (non-hydrogen) atoms. The van der Waals surface area contributed by atoms with Gasteiger partial charge in [0.15, 0.2) is 0 Å². The Morgan fingerprint density at radius 1 is 1.37 bits per heavy atom. The summed E-state index contributed by atoms with van der Waals surface area (Å²) in [4.78, 5) is 29.9. The molecular formula is C13H14N4O2. The average molecular weight is 258 g/mol. The van der Waals surface area contributed by atoms with Crippen molar-refractivity contribution < 1.29 is 9.59 Å². The molecule has 0 saturated heterocycles. The Morgan fingerprint density at radius 2 is 2.21 bits per heavy atom. The number of aromatic nitrogens is 2. The lowest BCUT2D eigenvalue weighted by atomic mass is 10.1. The third kappa shape index (κ3) is 3.67. The highest BCUT2D eigenvalue weighted by Gasteiger charge is 2.08. The second kappa shape index (κ2) is 5.81. The van der Waals surface area contributed by atoms with Crippen LogP contribution in [0.15, 0.2) is 36.7 Å². The highest BCUT2D eigenvalue weighted by atomic mass is 16.2. The Hall–Kier alpha value is -2.63. The Labute approximate surface area is 110 Å². The fraction of sp³-hybridized carbons (Fsp3) is 0.154. The predicted molar refractivity (Wildman–Crippen MR) is 70.7 cm³/mol. The highest BCUT2D eigenvalue weighted by molar-refractivity contribution is 5.98. The van der Waals surface area contributed by atoms with Crippen LogP contribution in [0.5, 0.6) is 0 Å². The average Bonchev–Trinajstić information content (AvgIpc) is 2.88. The first kappa shape index (κ1) is 12.8. The molecule has 2 aromatic rings. The minimum atomic E-state index is -0.337. The van der Waals surface area contributed by atoms with E-state index < -0.39 is 0 Å². The van der Waals surface area contributed by atoms with Crippen LogP contribution in [0.4, 0.5) is 5.95 Å². The number of carbonyl (C=O) groups excluding carboxylic acids is 2. The third-order valence-corrected chi connectivity index (χ3v) is 2.45. The van der Waals surface area contributed by atoms with E-state index in [1.54, 1.807) is 24.4 Å². The first-order chi connectivity index (χ1) is 9.15. The fourth-order valence-corrected chi connectivity index (χ4v) is 1.56. The third-order valence-electron chi connectivity index (χ3n) is 2.45. The Bertz CT molecular complexity index is 578. The highest BCUT2D eigenvalue weighted by Crippen LogP contribution is 2.03. The first-order valence-electron chi connectivity index (χ1n) is 5.79. The summed E-state index contributed by atoms with van der Waals surface area (Å²) >= 11 is 0. The van der Waals surface area contributed by atoms with E-state index in [4.69, 9.17) is 0 Å². The van der Waals surface area contributed by atoms with Crippen molar-refractivity contribution in [1.82, 2.24) is 15.3 Å². The number of benzene rings is 1. The van der Waals surface area contributed by atoms with Gasteiger partial charge < -0.3 is 10.3 Å². The van der Waals surface area contributed by atoms with E-state index in [-0.39, 0.29) is 18.4 Å². The molecule has 0 bridgehead atoms. The molecule has 1 aromatic carbocycles. The number of rotatable bonds is 4. The van der Waals surface area contributed by atoms with Crippen LogP contribution >= 0.6 is 0 Å². The monoisotopic (exact) mass is 258 g/mol. The number of nitrogens with one attached hydrogen (secondary N) is 3. The van der Waals surface area contributed by atoms with Gasteiger partial charge in [-0.15, -0.1) is 0 Å². The van der Waals surface area contributed by atoms with E-state index in [1.807, 2.05) is 13.0 Å². The zero-order chi connectivity index (χ0) is 13.7. The van der Waals surface area contributed by atoms with E-state index in [2.05, 4.69) is 20.6 Å². The maximum Gasteiger partial charge on any atom is 0.251 e. The molecule has 0 radical (unpaired) electrons. The van der Waals surface area contributed by atoms with Crippen LogP contribution in [0.25, 0.3) is 0 Å². The van der Waals surface area contributed by atoms with Gasteiger partial charge in [-0.25, -0.2) is 4.98 Å². The molecule has 0 aliphatic rings. The molecule has 0 spiro atoms. The van der Waals surface area contributed by atoms with Gasteiger partial charge in [-0.3, -0.25) is 14.9 Å². The molecule has 2 amide bonds. The molecular weight excluding hydrogens is 244 g/mol. The summed E-state index contributed by atoms with van der Waals surface area (Å²) in [6, 6.07) is 7.17. The van der Waals surface area contributed by atoms with Crippen molar-refractivity contribution in [1.29, 1.82) is 0 Å². The van der Waals surface area contributed by atoms with Crippen molar-refractivity contribution >= 4 is 17.8 Å². The second-order valence-electron chi connectivity index (χ2n) is 4.04. The van der Waals surface area contributed by atoms with Crippen LogP contribution in [0.3, 0.4) is 0 Å². The van der Waals surface area contributed by atoms with E-state index in [1.165, 1.54) is 6.20 Å². The lowest BCUT2D eigenvalue weighted by molar-refractivity contribution is -0.115. The number of H-pyrrole nitrogens is 1. The van der Waals surface area contributed by atoms with Gasteiger partial charge in [0, 0.05) is 18.0 Å². The van der Waals surface area contributed by atoms with Crippen molar-refractivity contribution in [2.75, 3.05) is 11.9 Å². The van der Waals surface area contributed by atoms with Crippen LogP contribution in [0, 0.1) is 6.92 Å². The van der Waals surface area contributed by atoms with Crippen LogP contribution in [0.1, 0.15) is 15.9 Å². The van der Waals surface area contributed by atoms with Gasteiger partial charge in [-0.1, -0.05) is 17.7 Å². The van der Waals surface area contributed by atoms with Crippen LogP contribution in [0.2, 0.25) is 0 Å². The summed E-state index contributed by atoms with van der Waals surface area (Å²) in [5.41, 5.74) is 1.53. The summed E-state index contributed by atoms with van der Waals surface area (Å²) in [6.07, 6.45) is 3.13. The number of hydrogen-bond donors (Lipinski definition) is 3. The molecule has 0 unspecified atom stereocenters. The van der Waals surface area contributed by atoms with Gasteiger partial charge in [-0.05, 0) is 19.1 Å². The standard InChI is InChI=1S/C13H14N4O2/c1-9-3-2-4-10(7-9)12(19)16-8-11(18)17-13-14-5-6-15-13/h2-7H,8H2,1H3,(H,16,19)(H2,14,15,17,18). The van der Waals surface area contributed by atoms with Gasteiger partial charge in [0.2, 0.25) is 11.9 Å². The zero-order valence-corrected chi connectivity index (χ0v) is 10.4. The number of imidazole rings is 1. The summed E-state index contributed by atoms with van der Waals surface area (Å²) in [5, 5.41) is 5.07. The molecule has 1 heterocycles. The molecule has 0 fully saturated rings. The summed E-state index contributed by atoms with van der Waals surface area (Å²) < 4.78 is 0. The Morgan fingerprint density at radius 3 is 2.89 bits per heavy atom. The first-order valence-corrected chi connectivity index (χ1v) is 5.79. The number of aryl methyl sites for hydroxylation is 1. The predicted octanol–water partition coefficient (Wildman–Crippen LogP) is 1.09. The lowest BCUT2D eigenvalue weighted by Gasteiger charge is -2.05. The number of hydrogen-bond acceptors (Lipinski definition) is 3. The van der Waals surface area contributed by atoms with Crippen molar-refractivity contribution in [2.24, 2.45) is 0 Å². The van der Waals surface area contributed by atoms with Crippen LogP contribution < -0.4 is 10.6 Å². The van der Waals surface area contributed by atoms with E-state index in [0.29, 0.717) is 11.5 Å². The van der Waals surface area contributed by atoms with Crippen molar-refractivity contribution in [2.45, 2.75) is 6.92 Å². The molecule has 6 heteroatoms. The summed E-state index contributed by atoms with van der Waals surface area (Å²) in [6.45, 7) is 1.80. The molecule has 2 rings (SSSR count). The largest absolute Gasteiger partial charge is 0.343 e. The molecule has 6 nitrogen and oxygen atoms in total. The van der Waals surface area contributed by atoms with Crippen LogP contribution in [-0.4, -0.2) is 28.3 Å². The quantitative estimate of drug-likeness (QED) is 0.767. The minimum Gasteiger partial charge on any atom is -0.343 e. The van der Waals surface area contributed by atoms with Gasteiger partial charge in [0.25, 0.3) is 5.91 Å². The molecule has 0 atom stereocenters. The van der Waals surface area contributed by atoms with E-state index in [0.717, 1.165) is 5.56 Å². The normalized spacial score (nSPS) is 9.95. The molecule has 98 valence electrons. The number of anilines is 1. The Balaban J connectivity index is 1.85. The smallest absolute Gasteiger partial charge is 0.251 e. The number of carbonyl (C=O) groups is 2. The topological polar surface area (TPSA) is 86.9 Å². The second-order valence-corrected chi connectivity index (χ2v) is 4.04. The minimum absolute atomic E-state index is 0.104.